The molecule has 24 heavy (non-hydrogen) atoms. The third-order valence-corrected chi connectivity index (χ3v) is 6.88. The summed E-state index contributed by atoms with van der Waals surface area (Å²) in [6.45, 7) is 3.79. The van der Waals surface area contributed by atoms with E-state index in [1.165, 1.54) is 18.4 Å². The van der Waals surface area contributed by atoms with Gasteiger partial charge in [0, 0.05) is 17.3 Å². The van der Waals surface area contributed by atoms with Crippen molar-refractivity contribution in [3.63, 3.8) is 0 Å². The number of pyridine rings is 1. The number of aryl methyl sites for hydroxylation is 1. The summed E-state index contributed by atoms with van der Waals surface area (Å²) >= 11 is 0. The van der Waals surface area contributed by atoms with Crippen LogP contribution in [-0.2, 0) is 10.3 Å². The summed E-state index contributed by atoms with van der Waals surface area (Å²) in [6.07, 6.45) is 6.87. The number of hydrogen-bond acceptors (Lipinski definition) is 5. The molecule has 2 atom stereocenters. The third kappa shape index (κ3) is 2.07. The van der Waals surface area contributed by atoms with Crippen LogP contribution in [-0.4, -0.2) is 36.3 Å². The summed E-state index contributed by atoms with van der Waals surface area (Å²) < 4.78 is 5.69. The van der Waals surface area contributed by atoms with E-state index in [9.17, 15) is 0 Å². The van der Waals surface area contributed by atoms with Crippen molar-refractivity contribution in [1.29, 1.82) is 0 Å². The van der Waals surface area contributed by atoms with Crippen molar-refractivity contribution in [2.75, 3.05) is 18.1 Å². The Morgan fingerprint density at radius 1 is 1.17 bits per heavy atom. The number of anilines is 1. The molecule has 4 fully saturated rings. The van der Waals surface area contributed by atoms with Crippen LogP contribution in [0, 0.1) is 12.3 Å². The van der Waals surface area contributed by atoms with Crippen molar-refractivity contribution < 1.29 is 4.74 Å². The molecule has 2 saturated heterocycles. The van der Waals surface area contributed by atoms with E-state index in [2.05, 4.69) is 24.0 Å². The first-order chi connectivity index (χ1) is 11.5. The van der Waals surface area contributed by atoms with Gasteiger partial charge in [-0.05, 0) is 62.5 Å². The first kappa shape index (κ1) is 15.1. The Hall–Kier alpha value is -1.17. The van der Waals surface area contributed by atoms with E-state index in [0.29, 0.717) is 23.5 Å². The minimum absolute atomic E-state index is 0.195. The molecular weight excluding hydrogens is 300 g/mol. The Labute approximate surface area is 143 Å². The van der Waals surface area contributed by atoms with Crippen LogP contribution in [0.5, 0.6) is 0 Å². The van der Waals surface area contributed by atoms with Gasteiger partial charge in [0.2, 0.25) is 0 Å². The van der Waals surface area contributed by atoms with Gasteiger partial charge >= 0.3 is 0 Å². The fraction of sp³-hybridized carbons (Fsp3) is 0.737. The van der Waals surface area contributed by atoms with Gasteiger partial charge in [0.1, 0.15) is 5.82 Å². The zero-order chi connectivity index (χ0) is 16.5. The molecule has 2 unspecified atom stereocenters. The highest BCUT2D eigenvalue weighted by atomic mass is 16.5. The number of nitrogens with zero attached hydrogens (tertiary/aromatic N) is 2. The second kappa shape index (κ2) is 4.93. The lowest BCUT2D eigenvalue weighted by Gasteiger charge is -2.62. The molecule has 4 N–H and O–H groups in total. The maximum Gasteiger partial charge on any atom is 0.129 e. The van der Waals surface area contributed by atoms with Crippen LogP contribution < -0.4 is 16.4 Å². The van der Waals surface area contributed by atoms with Crippen molar-refractivity contribution in [2.45, 2.75) is 69.1 Å². The second-order valence-corrected chi connectivity index (χ2v) is 8.81. The van der Waals surface area contributed by atoms with E-state index in [-0.39, 0.29) is 5.54 Å². The molecule has 5 rings (SSSR count). The summed E-state index contributed by atoms with van der Waals surface area (Å²) in [5.74, 6) is 1.11. The van der Waals surface area contributed by atoms with E-state index < -0.39 is 0 Å². The van der Waals surface area contributed by atoms with Gasteiger partial charge in [-0.2, -0.15) is 0 Å². The maximum atomic E-state index is 6.74. The molecule has 130 valence electrons. The molecule has 5 nitrogen and oxygen atoms in total. The van der Waals surface area contributed by atoms with Gasteiger partial charge < -0.3 is 21.1 Å². The Balaban J connectivity index is 1.38. The van der Waals surface area contributed by atoms with Gasteiger partial charge in [-0.1, -0.05) is 6.07 Å². The van der Waals surface area contributed by atoms with Crippen molar-refractivity contribution in [3.8, 4) is 0 Å². The normalized spacial score (nSPS) is 43.6. The maximum absolute atomic E-state index is 6.74. The molecule has 0 aromatic carbocycles. The molecule has 2 aliphatic carbocycles. The standard InChI is InChI=1S/C19H28N4O/c1-12-16(19(21)10-18(11-19)6-13(20)7-18)4-5-17(22-12)23-14-2-3-15(23)9-24-8-14/h4-5,13-15H,2-3,6-11,20-21H2,1H3. The molecular formula is C19H28N4O. The smallest absolute Gasteiger partial charge is 0.129 e. The Morgan fingerprint density at radius 2 is 1.83 bits per heavy atom. The molecule has 3 heterocycles. The summed E-state index contributed by atoms with van der Waals surface area (Å²) in [7, 11) is 0. The predicted molar refractivity (Wildman–Crippen MR) is 93.8 cm³/mol. The topological polar surface area (TPSA) is 77.4 Å². The van der Waals surface area contributed by atoms with Crippen molar-refractivity contribution in [1.82, 2.24) is 4.98 Å². The monoisotopic (exact) mass is 328 g/mol. The SMILES string of the molecule is Cc1nc(N2C3CCC2COC3)ccc1C1(N)CC2(CC(N)C2)C1. The van der Waals surface area contributed by atoms with Gasteiger partial charge in [0.15, 0.2) is 0 Å². The van der Waals surface area contributed by atoms with E-state index >= 15 is 0 Å². The van der Waals surface area contributed by atoms with Crippen LogP contribution in [0.15, 0.2) is 12.1 Å². The van der Waals surface area contributed by atoms with Crippen LogP contribution >= 0.6 is 0 Å². The summed E-state index contributed by atoms with van der Waals surface area (Å²) in [5.41, 5.74) is 15.3. The van der Waals surface area contributed by atoms with Crippen LogP contribution in [0.1, 0.15) is 49.8 Å². The molecule has 1 spiro atoms. The summed E-state index contributed by atoms with van der Waals surface area (Å²) in [6, 6.07) is 5.81. The van der Waals surface area contributed by atoms with Crippen LogP contribution in [0.3, 0.4) is 0 Å². The molecule has 1 aromatic heterocycles. The predicted octanol–water partition coefficient (Wildman–Crippen LogP) is 1.81. The molecule has 2 saturated carbocycles. The van der Waals surface area contributed by atoms with E-state index in [0.717, 1.165) is 50.4 Å². The fourth-order valence-corrected chi connectivity index (χ4v) is 6.04. The zero-order valence-electron chi connectivity index (χ0n) is 14.5. The largest absolute Gasteiger partial charge is 0.377 e. The number of aromatic nitrogens is 1. The lowest BCUT2D eigenvalue weighted by molar-refractivity contribution is -0.0593. The number of hydrogen-bond donors (Lipinski definition) is 2. The highest BCUT2D eigenvalue weighted by molar-refractivity contribution is 5.48. The number of ether oxygens (including phenoxy) is 1. The number of fused-ring (bicyclic) bond motifs is 2. The van der Waals surface area contributed by atoms with E-state index in [1.807, 2.05) is 0 Å². The van der Waals surface area contributed by atoms with Gasteiger partial charge in [-0.3, -0.25) is 0 Å². The van der Waals surface area contributed by atoms with Gasteiger partial charge in [-0.15, -0.1) is 0 Å². The van der Waals surface area contributed by atoms with E-state index in [4.69, 9.17) is 21.2 Å². The van der Waals surface area contributed by atoms with Crippen molar-refractivity contribution >= 4 is 5.82 Å². The summed E-state index contributed by atoms with van der Waals surface area (Å²) in [5, 5.41) is 0. The minimum Gasteiger partial charge on any atom is -0.377 e. The molecule has 0 radical (unpaired) electrons. The Morgan fingerprint density at radius 3 is 2.42 bits per heavy atom. The van der Waals surface area contributed by atoms with Crippen molar-refractivity contribution in [2.24, 2.45) is 16.9 Å². The van der Waals surface area contributed by atoms with Crippen LogP contribution in [0.2, 0.25) is 0 Å². The fourth-order valence-electron chi connectivity index (χ4n) is 6.04. The number of morpholine rings is 1. The van der Waals surface area contributed by atoms with Gasteiger partial charge in [0.05, 0.1) is 25.3 Å². The first-order valence-corrected chi connectivity index (χ1v) is 9.37. The van der Waals surface area contributed by atoms with Gasteiger partial charge in [-0.25, -0.2) is 4.98 Å². The van der Waals surface area contributed by atoms with Gasteiger partial charge in [0.25, 0.3) is 0 Å². The van der Waals surface area contributed by atoms with Crippen molar-refractivity contribution in [3.05, 3.63) is 23.4 Å². The van der Waals surface area contributed by atoms with Crippen LogP contribution in [0.25, 0.3) is 0 Å². The molecule has 1 aromatic rings. The summed E-state index contributed by atoms with van der Waals surface area (Å²) in [4.78, 5) is 7.44. The Kier molecular flexibility index (Phi) is 3.10. The molecule has 0 amide bonds. The molecule has 4 aliphatic rings. The molecule has 2 aliphatic heterocycles. The zero-order valence-corrected chi connectivity index (χ0v) is 14.5. The average Bonchev–Trinajstić information content (AvgIpc) is 2.73. The quantitative estimate of drug-likeness (QED) is 0.866. The highest BCUT2D eigenvalue weighted by Crippen LogP contribution is 2.62. The average molecular weight is 328 g/mol. The highest BCUT2D eigenvalue weighted by Gasteiger charge is 2.58. The van der Waals surface area contributed by atoms with E-state index in [1.54, 1.807) is 0 Å². The number of nitrogens with two attached hydrogens (primary N) is 2. The second-order valence-electron chi connectivity index (χ2n) is 8.81. The lowest BCUT2D eigenvalue weighted by Crippen LogP contribution is -2.63. The lowest BCUT2D eigenvalue weighted by atomic mass is 9.46. The van der Waals surface area contributed by atoms with Crippen LogP contribution in [0.4, 0.5) is 5.82 Å². The first-order valence-electron chi connectivity index (χ1n) is 9.37. The third-order valence-electron chi connectivity index (χ3n) is 6.88. The minimum atomic E-state index is -0.195. The molecule has 2 bridgehead atoms. The molecule has 5 heteroatoms. The number of rotatable bonds is 2. The Bertz CT molecular complexity index is 645.